The molecule has 5 nitrogen and oxygen atoms in total. The second kappa shape index (κ2) is 4.80. The van der Waals surface area contributed by atoms with Crippen LogP contribution in [0.2, 0.25) is 0 Å². The zero-order valence-electron chi connectivity index (χ0n) is 9.21. The van der Waals surface area contributed by atoms with Gasteiger partial charge in [0.15, 0.2) is 0 Å². The first-order chi connectivity index (χ1) is 8.20. The van der Waals surface area contributed by atoms with Crippen LogP contribution in [0.15, 0.2) is 41.3 Å². The second-order valence-electron chi connectivity index (χ2n) is 3.69. The number of rotatable bonds is 3. The molecule has 1 aromatic carbocycles. The summed E-state index contributed by atoms with van der Waals surface area (Å²) >= 11 is 0. The van der Waals surface area contributed by atoms with Gasteiger partial charge in [-0.05, 0) is 17.2 Å². The van der Waals surface area contributed by atoms with Crippen molar-refractivity contribution >= 4 is 5.82 Å². The van der Waals surface area contributed by atoms with E-state index in [1.807, 2.05) is 24.3 Å². The van der Waals surface area contributed by atoms with Crippen molar-refractivity contribution in [1.29, 1.82) is 0 Å². The smallest absolute Gasteiger partial charge is 0.349 e. The average molecular weight is 231 g/mol. The first-order valence-electron chi connectivity index (χ1n) is 5.21. The minimum Gasteiger partial charge on any atom is -0.392 e. The predicted octanol–water partition coefficient (Wildman–Crippen LogP) is 0.366. The molecule has 5 heteroatoms. The van der Waals surface area contributed by atoms with E-state index in [0.717, 1.165) is 11.1 Å². The highest BCUT2D eigenvalue weighted by Crippen LogP contribution is 2.09. The Morgan fingerprint density at radius 1 is 1.24 bits per heavy atom. The largest absolute Gasteiger partial charge is 0.392 e. The molecule has 0 saturated carbocycles. The van der Waals surface area contributed by atoms with Gasteiger partial charge >= 0.3 is 5.69 Å². The van der Waals surface area contributed by atoms with E-state index in [2.05, 4.69) is 4.98 Å². The van der Waals surface area contributed by atoms with E-state index in [1.54, 1.807) is 12.3 Å². The molecular weight excluding hydrogens is 218 g/mol. The number of anilines is 1. The summed E-state index contributed by atoms with van der Waals surface area (Å²) in [6.45, 7) is 0.330. The second-order valence-corrected chi connectivity index (χ2v) is 3.69. The van der Waals surface area contributed by atoms with Crippen molar-refractivity contribution in [2.24, 2.45) is 0 Å². The maximum Gasteiger partial charge on any atom is 0.349 e. The molecule has 0 aliphatic rings. The van der Waals surface area contributed by atoms with Crippen molar-refractivity contribution in [3.05, 3.63) is 58.1 Å². The monoisotopic (exact) mass is 231 g/mol. The molecule has 0 saturated heterocycles. The van der Waals surface area contributed by atoms with Crippen LogP contribution in [-0.2, 0) is 13.2 Å². The van der Waals surface area contributed by atoms with Crippen LogP contribution in [0.4, 0.5) is 5.82 Å². The van der Waals surface area contributed by atoms with E-state index in [9.17, 15) is 9.90 Å². The molecule has 17 heavy (non-hydrogen) atoms. The lowest BCUT2D eigenvalue weighted by molar-refractivity contribution is 0.280. The number of hydrogen-bond acceptors (Lipinski definition) is 4. The highest BCUT2D eigenvalue weighted by Gasteiger charge is 2.03. The Kier molecular flexibility index (Phi) is 3.20. The van der Waals surface area contributed by atoms with Crippen molar-refractivity contribution in [3.63, 3.8) is 0 Å². The molecule has 0 unspecified atom stereocenters. The third-order valence-electron chi connectivity index (χ3n) is 2.53. The molecule has 0 spiro atoms. The fourth-order valence-corrected chi connectivity index (χ4v) is 1.61. The van der Waals surface area contributed by atoms with Crippen LogP contribution in [-0.4, -0.2) is 14.7 Å². The van der Waals surface area contributed by atoms with Gasteiger partial charge in [0, 0.05) is 6.20 Å². The van der Waals surface area contributed by atoms with Crippen molar-refractivity contribution in [2.75, 3.05) is 5.73 Å². The Hall–Kier alpha value is -2.14. The van der Waals surface area contributed by atoms with Gasteiger partial charge in [0.1, 0.15) is 5.82 Å². The van der Waals surface area contributed by atoms with Crippen LogP contribution in [0.5, 0.6) is 0 Å². The lowest BCUT2D eigenvalue weighted by Gasteiger charge is -2.08. The van der Waals surface area contributed by atoms with Gasteiger partial charge in [-0.25, -0.2) is 4.79 Å². The first kappa shape index (κ1) is 11.3. The number of aliphatic hydroxyl groups excluding tert-OH is 1. The van der Waals surface area contributed by atoms with Gasteiger partial charge in [-0.2, -0.15) is 4.98 Å². The van der Waals surface area contributed by atoms with Crippen LogP contribution in [0.3, 0.4) is 0 Å². The predicted molar refractivity (Wildman–Crippen MR) is 64.4 cm³/mol. The number of nitrogens with two attached hydrogens (primary N) is 1. The van der Waals surface area contributed by atoms with Crippen LogP contribution in [0, 0.1) is 0 Å². The fourth-order valence-electron chi connectivity index (χ4n) is 1.61. The highest BCUT2D eigenvalue weighted by molar-refractivity contribution is 5.28. The molecule has 2 aromatic rings. The van der Waals surface area contributed by atoms with Gasteiger partial charge in [-0.3, -0.25) is 4.57 Å². The molecule has 1 heterocycles. The molecule has 0 fully saturated rings. The number of nitrogen functional groups attached to an aromatic ring is 1. The lowest BCUT2D eigenvalue weighted by atomic mass is 10.1. The van der Waals surface area contributed by atoms with Gasteiger partial charge in [-0.15, -0.1) is 0 Å². The highest BCUT2D eigenvalue weighted by atomic mass is 16.3. The van der Waals surface area contributed by atoms with E-state index in [4.69, 9.17) is 5.73 Å². The minimum atomic E-state index is -0.391. The topological polar surface area (TPSA) is 81.1 Å². The summed E-state index contributed by atoms with van der Waals surface area (Å²) < 4.78 is 1.45. The Bertz CT molecular complexity index is 578. The van der Waals surface area contributed by atoms with Crippen LogP contribution < -0.4 is 11.4 Å². The zero-order valence-corrected chi connectivity index (χ0v) is 9.21. The van der Waals surface area contributed by atoms with Crippen molar-refractivity contribution in [2.45, 2.75) is 13.2 Å². The molecule has 1 aromatic heterocycles. The average Bonchev–Trinajstić information content (AvgIpc) is 2.33. The Labute approximate surface area is 98.2 Å². The summed E-state index contributed by atoms with van der Waals surface area (Å²) in [6, 6.07) is 8.98. The van der Waals surface area contributed by atoms with Gasteiger partial charge in [0.25, 0.3) is 0 Å². The third kappa shape index (κ3) is 2.51. The van der Waals surface area contributed by atoms with Crippen LogP contribution in [0.25, 0.3) is 0 Å². The maximum atomic E-state index is 11.6. The molecule has 0 atom stereocenters. The Morgan fingerprint density at radius 3 is 2.59 bits per heavy atom. The third-order valence-corrected chi connectivity index (χ3v) is 2.53. The zero-order chi connectivity index (χ0) is 12.3. The Balaban J connectivity index is 2.35. The van der Waals surface area contributed by atoms with Crippen LogP contribution in [0.1, 0.15) is 11.1 Å². The normalized spacial score (nSPS) is 10.4. The molecular formula is C12H13N3O2. The SMILES string of the molecule is Nc1ccn(Cc2ccccc2CO)c(=O)n1. The van der Waals surface area contributed by atoms with E-state index < -0.39 is 5.69 Å². The van der Waals surface area contributed by atoms with E-state index >= 15 is 0 Å². The minimum absolute atomic E-state index is 0.0483. The molecule has 3 N–H and O–H groups in total. The summed E-state index contributed by atoms with van der Waals surface area (Å²) in [5, 5.41) is 9.19. The number of hydrogen-bond donors (Lipinski definition) is 2. The number of aromatic nitrogens is 2. The molecule has 0 aliphatic heterocycles. The number of benzene rings is 1. The van der Waals surface area contributed by atoms with Gasteiger partial charge < -0.3 is 10.8 Å². The van der Waals surface area contributed by atoms with Crippen molar-refractivity contribution < 1.29 is 5.11 Å². The van der Waals surface area contributed by atoms with Crippen molar-refractivity contribution in [1.82, 2.24) is 9.55 Å². The summed E-state index contributed by atoms with van der Waals surface area (Å²) in [5.41, 5.74) is 6.72. The standard InChI is InChI=1S/C12H13N3O2/c13-11-5-6-15(12(17)14-11)7-9-3-1-2-4-10(9)8-16/h1-6,16H,7-8H2,(H2,13,14,17). The van der Waals surface area contributed by atoms with E-state index in [-0.39, 0.29) is 12.4 Å². The molecule has 0 amide bonds. The quantitative estimate of drug-likeness (QED) is 0.799. The molecule has 88 valence electrons. The van der Waals surface area contributed by atoms with E-state index in [1.165, 1.54) is 4.57 Å². The summed E-state index contributed by atoms with van der Waals surface area (Å²) in [5.74, 6) is 0.210. The summed E-state index contributed by atoms with van der Waals surface area (Å²) in [6.07, 6.45) is 1.60. The fraction of sp³-hybridized carbons (Fsp3) is 0.167. The molecule has 0 bridgehead atoms. The molecule has 0 radical (unpaired) electrons. The maximum absolute atomic E-state index is 11.6. The first-order valence-corrected chi connectivity index (χ1v) is 5.21. The Morgan fingerprint density at radius 2 is 1.94 bits per heavy atom. The molecule has 2 rings (SSSR count). The van der Waals surface area contributed by atoms with Gasteiger partial charge in [0.2, 0.25) is 0 Å². The number of aliphatic hydroxyl groups is 1. The summed E-state index contributed by atoms with van der Waals surface area (Å²) in [7, 11) is 0. The van der Waals surface area contributed by atoms with E-state index in [0.29, 0.717) is 6.54 Å². The van der Waals surface area contributed by atoms with Gasteiger partial charge in [-0.1, -0.05) is 24.3 Å². The molecule has 0 aliphatic carbocycles. The lowest BCUT2D eigenvalue weighted by Crippen LogP contribution is -2.24. The van der Waals surface area contributed by atoms with Crippen molar-refractivity contribution in [3.8, 4) is 0 Å². The number of nitrogens with zero attached hydrogens (tertiary/aromatic N) is 2. The summed E-state index contributed by atoms with van der Waals surface area (Å²) in [4.78, 5) is 15.2. The van der Waals surface area contributed by atoms with Crippen LogP contribution >= 0.6 is 0 Å². The van der Waals surface area contributed by atoms with Gasteiger partial charge in [0.05, 0.1) is 13.2 Å².